The highest BCUT2D eigenvalue weighted by Crippen LogP contribution is 2.18. The second-order valence-corrected chi connectivity index (χ2v) is 6.62. The van der Waals surface area contributed by atoms with Gasteiger partial charge in [0.15, 0.2) is 0 Å². The molecule has 1 heterocycles. The number of nitrogens with zero attached hydrogens (tertiary/aromatic N) is 1. The normalized spacial score (nSPS) is 17.0. The molecule has 1 unspecified atom stereocenters. The molecule has 1 atom stereocenters. The molecule has 1 aromatic carbocycles. The van der Waals surface area contributed by atoms with Gasteiger partial charge in [0.05, 0.1) is 12.5 Å². The Hall–Kier alpha value is -2.12. The third-order valence-corrected chi connectivity index (χ3v) is 4.43. The van der Waals surface area contributed by atoms with Crippen molar-refractivity contribution in [2.75, 3.05) is 51.8 Å². The monoisotopic (exact) mass is 362 g/mol. The van der Waals surface area contributed by atoms with Gasteiger partial charge in [-0.05, 0) is 37.5 Å². The molecule has 144 valence electrons. The van der Waals surface area contributed by atoms with E-state index in [4.69, 9.17) is 4.74 Å². The molecule has 7 nitrogen and oxygen atoms in total. The molecule has 0 bridgehead atoms. The Kier molecular flexibility index (Phi) is 8.37. The summed E-state index contributed by atoms with van der Waals surface area (Å²) in [5.74, 6) is -0.127. The highest BCUT2D eigenvalue weighted by Gasteiger charge is 2.28. The molecule has 1 aliphatic rings. The number of ether oxygens (including phenoxy) is 1. The molecule has 0 spiro atoms. The fourth-order valence-electron chi connectivity index (χ4n) is 3.02. The van der Waals surface area contributed by atoms with Crippen LogP contribution in [0.5, 0.6) is 0 Å². The van der Waals surface area contributed by atoms with Crippen molar-refractivity contribution < 1.29 is 14.3 Å². The van der Waals surface area contributed by atoms with E-state index in [2.05, 4.69) is 16.0 Å². The summed E-state index contributed by atoms with van der Waals surface area (Å²) in [7, 11) is 1.66. The van der Waals surface area contributed by atoms with Crippen molar-refractivity contribution in [1.29, 1.82) is 0 Å². The van der Waals surface area contributed by atoms with Crippen molar-refractivity contribution in [3.05, 3.63) is 29.8 Å². The van der Waals surface area contributed by atoms with Crippen LogP contribution in [0.3, 0.4) is 0 Å². The Morgan fingerprint density at radius 1 is 1.27 bits per heavy atom. The van der Waals surface area contributed by atoms with E-state index in [0.717, 1.165) is 30.6 Å². The van der Waals surface area contributed by atoms with Crippen LogP contribution in [0.2, 0.25) is 0 Å². The van der Waals surface area contributed by atoms with Crippen LogP contribution in [0.4, 0.5) is 10.5 Å². The summed E-state index contributed by atoms with van der Waals surface area (Å²) in [6, 6.07) is 7.56. The molecule has 3 amide bonds. The lowest BCUT2D eigenvalue weighted by Crippen LogP contribution is -2.47. The first-order valence-corrected chi connectivity index (χ1v) is 9.20. The summed E-state index contributed by atoms with van der Waals surface area (Å²) in [5.41, 5.74) is 1.88. The van der Waals surface area contributed by atoms with Crippen molar-refractivity contribution in [3.8, 4) is 0 Å². The molecule has 1 saturated heterocycles. The van der Waals surface area contributed by atoms with E-state index in [1.54, 1.807) is 12.0 Å². The number of benzene rings is 1. The van der Waals surface area contributed by atoms with Gasteiger partial charge in [-0.1, -0.05) is 12.1 Å². The Balaban J connectivity index is 1.75. The summed E-state index contributed by atoms with van der Waals surface area (Å²) in [6.07, 6.45) is 1.66. The summed E-state index contributed by atoms with van der Waals surface area (Å²) in [5, 5.41) is 9.05. The molecule has 2 rings (SSSR count). The average Bonchev–Trinajstić information content (AvgIpc) is 2.64. The van der Waals surface area contributed by atoms with E-state index in [9.17, 15) is 9.59 Å². The van der Waals surface area contributed by atoms with E-state index >= 15 is 0 Å². The van der Waals surface area contributed by atoms with Crippen LogP contribution >= 0.6 is 0 Å². The van der Waals surface area contributed by atoms with Gasteiger partial charge in [0.2, 0.25) is 5.91 Å². The number of carbonyl (C=O) groups excluding carboxylic acids is 2. The smallest absolute Gasteiger partial charge is 0.321 e. The summed E-state index contributed by atoms with van der Waals surface area (Å²) >= 11 is 0. The average molecular weight is 362 g/mol. The SMILES string of the molecule is COCCNCCNC(=O)C1CCCN(C(=O)Nc2cccc(C)c2)C1. The molecule has 26 heavy (non-hydrogen) atoms. The van der Waals surface area contributed by atoms with Crippen LogP contribution < -0.4 is 16.0 Å². The predicted molar refractivity (Wildman–Crippen MR) is 102 cm³/mol. The fourth-order valence-corrected chi connectivity index (χ4v) is 3.02. The minimum atomic E-state index is -0.147. The van der Waals surface area contributed by atoms with Crippen molar-refractivity contribution >= 4 is 17.6 Å². The zero-order chi connectivity index (χ0) is 18.8. The number of anilines is 1. The fraction of sp³-hybridized carbons (Fsp3) is 0.579. The number of piperidine rings is 1. The number of rotatable bonds is 8. The lowest BCUT2D eigenvalue weighted by Gasteiger charge is -2.32. The highest BCUT2D eigenvalue weighted by atomic mass is 16.5. The minimum Gasteiger partial charge on any atom is -0.383 e. The number of amides is 3. The molecule has 1 aromatic rings. The van der Waals surface area contributed by atoms with Crippen LogP contribution in [-0.4, -0.2) is 63.3 Å². The molecule has 0 radical (unpaired) electrons. The van der Waals surface area contributed by atoms with E-state index in [-0.39, 0.29) is 17.9 Å². The van der Waals surface area contributed by atoms with Crippen LogP contribution in [0.25, 0.3) is 0 Å². The van der Waals surface area contributed by atoms with Crippen molar-refractivity contribution in [3.63, 3.8) is 0 Å². The third-order valence-electron chi connectivity index (χ3n) is 4.43. The van der Waals surface area contributed by atoms with Crippen LogP contribution in [0.1, 0.15) is 18.4 Å². The Morgan fingerprint density at radius 2 is 2.12 bits per heavy atom. The number of hydrogen-bond acceptors (Lipinski definition) is 4. The van der Waals surface area contributed by atoms with E-state index in [1.807, 2.05) is 31.2 Å². The van der Waals surface area contributed by atoms with Gasteiger partial charge in [0.1, 0.15) is 0 Å². The lowest BCUT2D eigenvalue weighted by atomic mass is 9.97. The summed E-state index contributed by atoms with van der Waals surface area (Å²) in [4.78, 5) is 26.5. The molecule has 3 N–H and O–H groups in total. The number of methoxy groups -OCH3 is 1. The zero-order valence-electron chi connectivity index (χ0n) is 15.7. The minimum absolute atomic E-state index is 0.0200. The molecule has 0 saturated carbocycles. The van der Waals surface area contributed by atoms with Crippen molar-refractivity contribution in [2.45, 2.75) is 19.8 Å². The number of aryl methyl sites for hydroxylation is 1. The maximum absolute atomic E-state index is 12.5. The molecule has 0 aliphatic carbocycles. The first-order valence-electron chi connectivity index (χ1n) is 9.20. The number of likely N-dealkylation sites (tertiary alicyclic amines) is 1. The van der Waals surface area contributed by atoms with Crippen LogP contribution in [0.15, 0.2) is 24.3 Å². The van der Waals surface area contributed by atoms with E-state index < -0.39 is 0 Å². The van der Waals surface area contributed by atoms with Gasteiger partial charge in [-0.15, -0.1) is 0 Å². The Bertz CT molecular complexity index is 594. The summed E-state index contributed by atoms with van der Waals surface area (Å²) < 4.78 is 4.95. The van der Waals surface area contributed by atoms with Crippen molar-refractivity contribution in [2.24, 2.45) is 5.92 Å². The lowest BCUT2D eigenvalue weighted by molar-refractivity contribution is -0.126. The highest BCUT2D eigenvalue weighted by molar-refractivity contribution is 5.90. The third kappa shape index (κ3) is 6.65. The number of urea groups is 1. The topological polar surface area (TPSA) is 82.7 Å². The van der Waals surface area contributed by atoms with Gasteiger partial charge in [-0.3, -0.25) is 4.79 Å². The van der Waals surface area contributed by atoms with E-state index in [0.29, 0.717) is 32.8 Å². The molecule has 0 aromatic heterocycles. The van der Waals surface area contributed by atoms with Crippen LogP contribution in [-0.2, 0) is 9.53 Å². The maximum Gasteiger partial charge on any atom is 0.321 e. The first-order chi connectivity index (χ1) is 12.6. The summed E-state index contributed by atoms with van der Waals surface area (Å²) in [6.45, 7) is 5.83. The number of carbonyl (C=O) groups is 2. The standard InChI is InChI=1S/C19H30N4O3/c1-15-5-3-7-17(13-15)22-19(25)23-11-4-6-16(14-23)18(24)21-9-8-20-10-12-26-2/h3,5,7,13,16,20H,4,6,8-12,14H2,1-2H3,(H,21,24)(H,22,25). The first kappa shape index (κ1) is 20.2. The number of hydrogen-bond donors (Lipinski definition) is 3. The van der Waals surface area contributed by atoms with Gasteiger partial charge >= 0.3 is 6.03 Å². The van der Waals surface area contributed by atoms with Gasteiger partial charge < -0.3 is 25.6 Å². The van der Waals surface area contributed by atoms with Crippen LogP contribution in [0, 0.1) is 12.8 Å². The number of nitrogens with one attached hydrogen (secondary N) is 3. The molecular weight excluding hydrogens is 332 g/mol. The van der Waals surface area contributed by atoms with Gasteiger partial charge in [0.25, 0.3) is 0 Å². The van der Waals surface area contributed by atoms with E-state index in [1.165, 1.54) is 0 Å². The second kappa shape index (κ2) is 10.8. The van der Waals surface area contributed by atoms with Gasteiger partial charge in [-0.2, -0.15) is 0 Å². The maximum atomic E-state index is 12.5. The molecule has 7 heteroatoms. The van der Waals surface area contributed by atoms with Gasteiger partial charge in [0, 0.05) is 45.5 Å². The quantitative estimate of drug-likeness (QED) is 0.614. The molecule has 1 fully saturated rings. The Labute approximate surface area is 155 Å². The largest absolute Gasteiger partial charge is 0.383 e. The van der Waals surface area contributed by atoms with Crippen molar-refractivity contribution in [1.82, 2.24) is 15.5 Å². The molecular formula is C19H30N4O3. The molecule has 1 aliphatic heterocycles. The predicted octanol–water partition coefficient (Wildman–Crippen LogP) is 1.59. The zero-order valence-corrected chi connectivity index (χ0v) is 15.7. The van der Waals surface area contributed by atoms with Gasteiger partial charge in [-0.25, -0.2) is 4.79 Å². The Morgan fingerprint density at radius 3 is 2.88 bits per heavy atom. The second-order valence-electron chi connectivity index (χ2n) is 6.62.